The van der Waals surface area contributed by atoms with Crippen molar-refractivity contribution in [3.63, 3.8) is 0 Å². The Morgan fingerprint density at radius 3 is 2.46 bits per heavy atom. The maximum Gasteiger partial charge on any atom is 0.311 e. The van der Waals surface area contributed by atoms with Crippen molar-refractivity contribution in [3.05, 3.63) is 24.3 Å². The zero-order valence-corrected chi connectivity index (χ0v) is 13.9. The highest BCUT2D eigenvalue weighted by Gasteiger charge is 2.20. The number of likely N-dealkylation sites (tertiary alicyclic amines) is 1. The highest BCUT2D eigenvalue weighted by molar-refractivity contribution is 5.88. The zero-order valence-electron chi connectivity index (χ0n) is 13.9. The first-order valence-corrected chi connectivity index (χ1v) is 8.11. The number of ether oxygens (including phenoxy) is 1. The van der Waals surface area contributed by atoms with Crippen LogP contribution in [-0.4, -0.2) is 35.8 Å². The van der Waals surface area contributed by atoms with Crippen molar-refractivity contribution in [1.29, 1.82) is 5.41 Å². The summed E-state index contributed by atoms with van der Waals surface area (Å²) in [4.78, 5) is 24.7. The smallest absolute Gasteiger partial charge is 0.311 e. The van der Waals surface area contributed by atoms with Gasteiger partial charge in [-0.25, -0.2) is 0 Å². The Bertz CT molecular complexity index is 592. The van der Waals surface area contributed by atoms with Crippen molar-refractivity contribution >= 4 is 23.5 Å². The van der Waals surface area contributed by atoms with Crippen LogP contribution in [0.4, 0.5) is 5.69 Å². The Kier molecular flexibility index (Phi) is 6.17. The Hall–Kier alpha value is -2.57. The molecular formula is C17H24N4O3. The number of hydrogen-bond acceptors (Lipinski definition) is 4. The van der Waals surface area contributed by atoms with E-state index in [1.165, 1.54) is 6.92 Å². The summed E-state index contributed by atoms with van der Waals surface area (Å²) < 4.78 is 5.31. The van der Waals surface area contributed by atoms with Gasteiger partial charge in [0.05, 0.1) is 0 Å². The van der Waals surface area contributed by atoms with Crippen molar-refractivity contribution < 1.29 is 14.3 Å². The third-order valence-electron chi connectivity index (χ3n) is 4.12. The summed E-state index contributed by atoms with van der Waals surface area (Å²) in [5.41, 5.74) is 6.14. The van der Waals surface area contributed by atoms with E-state index < -0.39 is 0 Å². The normalized spacial score (nSPS) is 15.0. The molecule has 0 saturated carbocycles. The monoisotopic (exact) mass is 332 g/mol. The van der Waals surface area contributed by atoms with Gasteiger partial charge in [-0.05, 0) is 49.4 Å². The van der Waals surface area contributed by atoms with Gasteiger partial charge in [0.25, 0.3) is 0 Å². The molecule has 1 heterocycles. The van der Waals surface area contributed by atoms with E-state index in [1.807, 2.05) is 4.90 Å². The Labute approximate surface area is 141 Å². The molecule has 0 radical (unpaired) electrons. The molecule has 7 nitrogen and oxygen atoms in total. The molecule has 1 fully saturated rings. The standard InChI is InChI=1S/C17H24N4O3/c1-12(22)20-14-3-5-15(6-4-14)24-16(23)7-2-13-8-10-21(11-9-13)17(18)19/h3-6,13H,2,7-11H2,1H3,(H3,18,19)(H,20,22). The van der Waals surface area contributed by atoms with Crippen molar-refractivity contribution in [3.8, 4) is 5.75 Å². The van der Waals surface area contributed by atoms with Gasteiger partial charge in [-0.15, -0.1) is 0 Å². The van der Waals surface area contributed by atoms with Gasteiger partial charge in [0.2, 0.25) is 5.91 Å². The number of hydrogen-bond donors (Lipinski definition) is 3. The molecular weight excluding hydrogens is 308 g/mol. The van der Waals surface area contributed by atoms with E-state index in [1.54, 1.807) is 24.3 Å². The Morgan fingerprint density at radius 1 is 1.29 bits per heavy atom. The third kappa shape index (κ3) is 5.57. The van der Waals surface area contributed by atoms with Crippen LogP contribution in [0.25, 0.3) is 0 Å². The van der Waals surface area contributed by atoms with Gasteiger partial charge >= 0.3 is 5.97 Å². The number of anilines is 1. The lowest BCUT2D eigenvalue weighted by Crippen LogP contribution is -2.42. The summed E-state index contributed by atoms with van der Waals surface area (Å²) in [5.74, 6) is 0.665. The highest BCUT2D eigenvalue weighted by Crippen LogP contribution is 2.22. The summed E-state index contributed by atoms with van der Waals surface area (Å²) in [6.07, 6.45) is 3.04. The fourth-order valence-electron chi connectivity index (χ4n) is 2.78. The maximum absolute atomic E-state index is 11.9. The van der Waals surface area contributed by atoms with Gasteiger partial charge in [-0.2, -0.15) is 0 Å². The first-order chi connectivity index (χ1) is 11.4. The number of guanidine groups is 1. The van der Waals surface area contributed by atoms with Gasteiger partial charge in [0.1, 0.15) is 5.75 Å². The van der Waals surface area contributed by atoms with Gasteiger partial charge < -0.3 is 20.7 Å². The molecule has 1 amide bonds. The first-order valence-electron chi connectivity index (χ1n) is 8.11. The van der Waals surface area contributed by atoms with Crippen molar-refractivity contribution in [2.45, 2.75) is 32.6 Å². The van der Waals surface area contributed by atoms with Crippen molar-refractivity contribution in [2.75, 3.05) is 18.4 Å². The molecule has 24 heavy (non-hydrogen) atoms. The lowest BCUT2D eigenvalue weighted by molar-refractivity contribution is -0.134. The summed E-state index contributed by atoms with van der Waals surface area (Å²) in [6.45, 7) is 2.99. The predicted octanol–water partition coefficient (Wildman–Crippen LogP) is 1.94. The molecule has 2 rings (SSSR count). The van der Waals surface area contributed by atoms with Crippen LogP contribution in [0.1, 0.15) is 32.6 Å². The molecule has 0 unspecified atom stereocenters. The van der Waals surface area contributed by atoms with Crippen LogP contribution in [0.15, 0.2) is 24.3 Å². The average molecular weight is 332 g/mol. The summed E-state index contributed by atoms with van der Waals surface area (Å²) in [6, 6.07) is 6.71. The van der Waals surface area contributed by atoms with Crippen LogP contribution in [0.5, 0.6) is 5.75 Å². The van der Waals surface area contributed by atoms with Crippen LogP contribution in [-0.2, 0) is 9.59 Å². The number of piperidine rings is 1. The van der Waals surface area contributed by atoms with E-state index in [-0.39, 0.29) is 17.8 Å². The number of nitrogens with zero attached hydrogens (tertiary/aromatic N) is 1. The highest BCUT2D eigenvalue weighted by atomic mass is 16.5. The molecule has 0 spiro atoms. The number of nitrogens with one attached hydrogen (secondary N) is 2. The quantitative estimate of drug-likeness (QED) is 0.330. The SMILES string of the molecule is CC(=O)Nc1ccc(OC(=O)CCC2CCN(C(=N)N)CC2)cc1. The number of amides is 1. The van der Waals surface area contributed by atoms with Crippen LogP contribution in [0.2, 0.25) is 0 Å². The van der Waals surface area contributed by atoms with Gasteiger partial charge in [0.15, 0.2) is 5.96 Å². The van der Waals surface area contributed by atoms with E-state index in [9.17, 15) is 9.59 Å². The van der Waals surface area contributed by atoms with Crippen LogP contribution in [0, 0.1) is 11.3 Å². The van der Waals surface area contributed by atoms with E-state index in [2.05, 4.69) is 5.32 Å². The maximum atomic E-state index is 11.9. The Balaban J connectivity index is 1.72. The molecule has 7 heteroatoms. The Morgan fingerprint density at radius 2 is 1.92 bits per heavy atom. The molecule has 1 aliphatic heterocycles. The lowest BCUT2D eigenvalue weighted by Gasteiger charge is -2.31. The third-order valence-corrected chi connectivity index (χ3v) is 4.12. The molecule has 1 aromatic rings. The number of benzene rings is 1. The average Bonchev–Trinajstić information content (AvgIpc) is 2.54. The van der Waals surface area contributed by atoms with Crippen LogP contribution >= 0.6 is 0 Å². The molecule has 1 aliphatic rings. The topological polar surface area (TPSA) is 109 Å². The fraction of sp³-hybridized carbons (Fsp3) is 0.471. The molecule has 0 aromatic heterocycles. The number of esters is 1. The van der Waals surface area contributed by atoms with Gasteiger partial charge in [0, 0.05) is 32.1 Å². The number of nitrogens with two attached hydrogens (primary N) is 1. The van der Waals surface area contributed by atoms with Gasteiger partial charge in [-0.3, -0.25) is 15.0 Å². The van der Waals surface area contributed by atoms with E-state index in [0.29, 0.717) is 23.8 Å². The minimum absolute atomic E-state index is 0.121. The molecule has 1 aromatic carbocycles. The molecule has 1 saturated heterocycles. The first kappa shape index (κ1) is 17.8. The second-order valence-corrected chi connectivity index (χ2v) is 6.03. The number of carbonyl (C=O) groups is 2. The predicted molar refractivity (Wildman–Crippen MR) is 91.8 cm³/mol. The van der Waals surface area contributed by atoms with Crippen molar-refractivity contribution in [1.82, 2.24) is 4.90 Å². The number of carbonyl (C=O) groups excluding carboxylic acids is 2. The summed E-state index contributed by atoms with van der Waals surface area (Å²) in [7, 11) is 0. The van der Waals surface area contributed by atoms with E-state index >= 15 is 0 Å². The van der Waals surface area contributed by atoms with Crippen LogP contribution < -0.4 is 15.8 Å². The second-order valence-electron chi connectivity index (χ2n) is 6.03. The molecule has 0 bridgehead atoms. The molecule has 0 atom stereocenters. The molecule has 0 aliphatic carbocycles. The zero-order chi connectivity index (χ0) is 17.5. The minimum atomic E-state index is -0.253. The van der Waals surface area contributed by atoms with E-state index in [4.69, 9.17) is 15.9 Å². The summed E-state index contributed by atoms with van der Waals surface area (Å²) in [5, 5.41) is 10.1. The lowest BCUT2D eigenvalue weighted by atomic mass is 9.92. The summed E-state index contributed by atoms with van der Waals surface area (Å²) >= 11 is 0. The second kappa shape index (κ2) is 8.33. The largest absolute Gasteiger partial charge is 0.427 e. The van der Waals surface area contributed by atoms with Crippen molar-refractivity contribution in [2.24, 2.45) is 11.7 Å². The van der Waals surface area contributed by atoms with E-state index in [0.717, 1.165) is 32.4 Å². The molecule has 4 N–H and O–H groups in total. The van der Waals surface area contributed by atoms with Gasteiger partial charge in [-0.1, -0.05) is 0 Å². The van der Waals surface area contributed by atoms with Crippen LogP contribution in [0.3, 0.4) is 0 Å². The fourth-order valence-corrected chi connectivity index (χ4v) is 2.78. The number of rotatable bonds is 5. The minimum Gasteiger partial charge on any atom is -0.427 e. The molecule has 130 valence electrons.